The van der Waals surface area contributed by atoms with Crippen molar-refractivity contribution in [3.05, 3.63) is 40.3 Å². The number of hydrogen-bond acceptors (Lipinski definition) is 7. The molecule has 0 bridgehead atoms. The molecule has 0 radical (unpaired) electrons. The molecule has 0 saturated heterocycles. The summed E-state index contributed by atoms with van der Waals surface area (Å²) in [4.78, 5) is 26.6. The molecule has 1 aromatic carbocycles. The fourth-order valence-electron chi connectivity index (χ4n) is 2.99. The van der Waals surface area contributed by atoms with E-state index in [1.54, 1.807) is 23.6 Å². The molecule has 2 N–H and O–H groups in total. The van der Waals surface area contributed by atoms with Gasteiger partial charge in [0.2, 0.25) is 0 Å². The first-order chi connectivity index (χ1) is 12.5. The van der Waals surface area contributed by atoms with Crippen LogP contribution in [0.2, 0.25) is 0 Å². The number of carbonyl (C=O) groups is 2. The van der Waals surface area contributed by atoms with Gasteiger partial charge in [-0.25, -0.2) is 0 Å². The van der Waals surface area contributed by atoms with Gasteiger partial charge in [-0.3, -0.25) is 14.5 Å². The van der Waals surface area contributed by atoms with Crippen LogP contribution in [0.5, 0.6) is 11.5 Å². The molecule has 1 unspecified atom stereocenters. The topological polar surface area (TPSA) is 106 Å². The van der Waals surface area contributed by atoms with Crippen LogP contribution in [0.25, 0.3) is 0 Å². The molecule has 26 heavy (non-hydrogen) atoms. The van der Waals surface area contributed by atoms with Gasteiger partial charge in [-0.2, -0.15) is 5.26 Å². The number of nitrogens with zero attached hydrogens (tertiary/aromatic N) is 2. The zero-order valence-corrected chi connectivity index (χ0v) is 15.1. The highest BCUT2D eigenvalue weighted by atomic mass is 32.1. The maximum atomic E-state index is 12.8. The number of nitrogens with two attached hydrogens (primary N) is 1. The minimum absolute atomic E-state index is 0.0387. The van der Waals surface area contributed by atoms with Crippen LogP contribution < -0.4 is 15.2 Å². The van der Waals surface area contributed by atoms with Crippen molar-refractivity contribution in [3.63, 3.8) is 0 Å². The van der Waals surface area contributed by atoms with Crippen LogP contribution in [-0.4, -0.2) is 30.4 Å². The van der Waals surface area contributed by atoms with E-state index in [1.807, 2.05) is 6.92 Å². The van der Waals surface area contributed by atoms with Gasteiger partial charge in [0.1, 0.15) is 0 Å². The van der Waals surface area contributed by atoms with Gasteiger partial charge in [-0.1, -0.05) is 6.07 Å². The van der Waals surface area contributed by atoms with Gasteiger partial charge in [0, 0.05) is 5.38 Å². The number of anilines is 1. The lowest BCUT2D eigenvalue weighted by atomic mass is 10.0. The molecule has 1 atom stereocenters. The number of imide groups is 1. The first kappa shape index (κ1) is 17.8. The van der Waals surface area contributed by atoms with Crippen LogP contribution in [-0.2, 0) is 0 Å². The van der Waals surface area contributed by atoms with Crippen LogP contribution in [0.3, 0.4) is 0 Å². The first-order valence-electron chi connectivity index (χ1n) is 7.96. The maximum absolute atomic E-state index is 12.8. The summed E-state index contributed by atoms with van der Waals surface area (Å²) in [6.07, 6.45) is -0.0387. The van der Waals surface area contributed by atoms with Gasteiger partial charge in [0.05, 0.1) is 48.4 Å². The molecule has 2 amide bonds. The maximum Gasteiger partial charge on any atom is 0.265 e. The number of nitriles is 1. The molecule has 8 heteroatoms. The first-order valence-corrected chi connectivity index (χ1v) is 8.83. The predicted molar refractivity (Wildman–Crippen MR) is 96.4 cm³/mol. The number of rotatable bonds is 6. The fourth-order valence-corrected chi connectivity index (χ4v) is 3.77. The predicted octanol–water partition coefficient (Wildman–Crippen LogP) is 2.99. The van der Waals surface area contributed by atoms with E-state index in [0.717, 1.165) is 16.2 Å². The van der Waals surface area contributed by atoms with E-state index in [1.165, 1.54) is 7.11 Å². The molecule has 2 aromatic rings. The Bertz CT molecular complexity index is 916. The second-order valence-corrected chi connectivity index (χ2v) is 6.50. The highest BCUT2D eigenvalue weighted by molar-refractivity contribution is 7.14. The number of carbonyl (C=O) groups excluding carboxylic acids is 2. The van der Waals surface area contributed by atoms with Gasteiger partial charge in [0.25, 0.3) is 11.8 Å². The van der Waals surface area contributed by atoms with Crippen LogP contribution in [0.4, 0.5) is 5.00 Å². The summed E-state index contributed by atoms with van der Waals surface area (Å²) < 4.78 is 10.8. The third-order valence-corrected chi connectivity index (χ3v) is 4.98. The van der Waals surface area contributed by atoms with E-state index in [-0.39, 0.29) is 12.0 Å². The van der Waals surface area contributed by atoms with E-state index in [9.17, 15) is 14.9 Å². The van der Waals surface area contributed by atoms with Crippen molar-refractivity contribution in [3.8, 4) is 17.6 Å². The number of benzene rings is 1. The Morgan fingerprint density at radius 1 is 1.31 bits per heavy atom. The average Bonchev–Trinajstić information content (AvgIpc) is 3.13. The lowest BCUT2D eigenvalue weighted by molar-refractivity contribution is 0.0584. The Morgan fingerprint density at radius 3 is 2.69 bits per heavy atom. The lowest BCUT2D eigenvalue weighted by Gasteiger charge is -2.25. The van der Waals surface area contributed by atoms with Crippen molar-refractivity contribution in [2.24, 2.45) is 0 Å². The monoisotopic (exact) mass is 371 g/mol. The Kier molecular flexibility index (Phi) is 4.82. The Hall–Kier alpha value is -3.05. The van der Waals surface area contributed by atoms with Gasteiger partial charge < -0.3 is 15.2 Å². The lowest BCUT2D eigenvalue weighted by Crippen LogP contribution is -2.34. The molecule has 134 valence electrons. The normalized spacial score (nSPS) is 14.1. The Morgan fingerprint density at radius 2 is 2.08 bits per heavy atom. The number of ether oxygens (including phenoxy) is 2. The number of fused-ring (bicyclic) bond motifs is 1. The standard InChI is InChI=1S/C18H17N3O4S/c1-3-25-14-8-10(4-5-13(14)24-2)12(6-7-19)21-17(22)11-9-26-16(20)15(11)18(21)23/h4-5,8-9,12H,3,6,20H2,1-2H3. The van der Waals surface area contributed by atoms with E-state index < -0.39 is 17.9 Å². The number of amides is 2. The zero-order valence-electron chi connectivity index (χ0n) is 14.3. The third kappa shape index (κ3) is 2.76. The summed E-state index contributed by atoms with van der Waals surface area (Å²) in [6.45, 7) is 2.27. The molecule has 0 spiro atoms. The van der Waals surface area contributed by atoms with E-state index in [4.69, 9.17) is 15.2 Å². The summed E-state index contributed by atoms with van der Waals surface area (Å²) in [7, 11) is 1.53. The number of thiophene rings is 1. The minimum Gasteiger partial charge on any atom is -0.493 e. The Labute approximate surface area is 154 Å². The molecular formula is C18H17N3O4S. The van der Waals surface area contributed by atoms with Crippen molar-refractivity contribution in [1.82, 2.24) is 4.90 Å². The number of hydrogen-bond donors (Lipinski definition) is 1. The minimum atomic E-state index is -0.734. The van der Waals surface area contributed by atoms with E-state index >= 15 is 0 Å². The van der Waals surface area contributed by atoms with Crippen molar-refractivity contribution in [2.45, 2.75) is 19.4 Å². The largest absolute Gasteiger partial charge is 0.493 e. The Balaban J connectivity index is 2.04. The summed E-state index contributed by atoms with van der Waals surface area (Å²) >= 11 is 1.16. The van der Waals surface area contributed by atoms with Crippen LogP contribution in [0.1, 0.15) is 45.7 Å². The molecule has 0 fully saturated rings. The number of nitrogen functional groups attached to an aromatic ring is 1. The fraction of sp³-hybridized carbons (Fsp3) is 0.278. The highest BCUT2D eigenvalue weighted by Crippen LogP contribution is 2.40. The number of methoxy groups -OCH3 is 1. The smallest absolute Gasteiger partial charge is 0.265 e. The second-order valence-electron chi connectivity index (χ2n) is 5.59. The molecule has 1 aliphatic heterocycles. The summed E-state index contributed by atoms with van der Waals surface area (Å²) in [5, 5.41) is 11.1. The quantitative estimate of drug-likeness (QED) is 0.783. The van der Waals surface area contributed by atoms with Crippen LogP contribution >= 0.6 is 11.3 Å². The van der Waals surface area contributed by atoms with Gasteiger partial charge >= 0.3 is 0 Å². The molecule has 1 aromatic heterocycles. The van der Waals surface area contributed by atoms with Gasteiger partial charge in [-0.05, 0) is 24.6 Å². The third-order valence-electron chi connectivity index (χ3n) is 4.17. The second kappa shape index (κ2) is 7.06. The molecule has 7 nitrogen and oxygen atoms in total. The van der Waals surface area contributed by atoms with Crippen molar-refractivity contribution < 1.29 is 19.1 Å². The molecule has 3 rings (SSSR count). The van der Waals surface area contributed by atoms with Crippen LogP contribution in [0.15, 0.2) is 23.6 Å². The summed E-state index contributed by atoms with van der Waals surface area (Å²) in [5.41, 5.74) is 6.97. The molecule has 0 saturated carbocycles. The van der Waals surface area contributed by atoms with Gasteiger partial charge in [0.15, 0.2) is 11.5 Å². The van der Waals surface area contributed by atoms with E-state index in [2.05, 4.69) is 6.07 Å². The SMILES string of the molecule is CCOc1cc(C(CC#N)N2C(=O)c3csc(N)c3C2=O)ccc1OC. The van der Waals surface area contributed by atoms with Crippen LogP contribution in [0, 0.1) is 11.3 Å². The molecular weight excluding hydrogens is 354 g/mol. The van der Waals surface area contributed by atoms with Crippen molar-refractivity contribution in [1.29, 1.82) is 5.26 Å². The molecule has 2 heterocycles. The van der Waals surface area contributed by atoms with Gasteiger partial charge in [-0.15, -0.1) is 11.3 Å². The zero-order chi connectivity index (χ0) is 18.8. The molecule has 1 aliphatic rings. The van der Waals surface area contributed by atoms with Crippen molar-refractivity contribution >= 4 is 28.2 Å². The summed E-state index contributed by atoms with van der Waals surface area (Å²) in [5.74, 6) is 0.112. The van der Waals surface area contributed by atoms with Crippen molar-refractivity contribution in [2.75, 3.05) is 19.5 Å². The summed E-state index contributed by atoms with van der Waals surface area (Å²) in [6, 6.07) is 6.43. The average molecular weight is 371 g/mol. The molecule has 0 aliphatic carbocycles. The highest BCUT2D eigenvalue weighted by Gasteiger charge is 2.43. The van der Waals surface area contributed by atoms with E-state index in [0.29, 0.717) is 34.2 Å².